The molecule has 0 aliphatic heterocycles. The molecule has 1 amide bonds. The Balaban J connectivity index is 2.26. The molecule has 1 heterocycles. The van der Waals surface area contributed by atoms with Crippen molar-refractivity contribution in [3.8, 4) is 11.6 Å². The quantitative estimate of drug-likeness (QED) is 0.886. The number of benzene rings is 1. The number of amides is 1. The van der Waals surface area contributed by atoms with Crippen LogP contribution in [-0.4, -0.2) is 22.0 Å². The first-order valence-corrected chi connectivity index (χ1v) is 5.44. The minimum absolute atomic E-state index is 0.00359. The van der Waals surface area contributed by atoms with Gasteiger partial charge in [-0.05, 0) is 18.2 Å². The molecule has 102 valence electrons. The number of nitrogens with two attached hydrogens (primary N) is 1. The number of aromatic nitrogens is 1. The fourth-order valence-electron chi connectivity index (χ4n) is 1.48. The number of carboxylic acid groups (broad SMARTS) is 1. The molecule has 3 N–H and O–H groups in total. The van der Waals surface area contributed by atoms with Gasteiger partial charge in [0, 0.05) is 18.3 Å². The molecule has 0 fully saturated rings. The van der Waals surface area contributed by atoms with Crippen molar-refractivity contribution in [1.82, 2.24) is 4.98 Å². The van der Waals surface area contributed by atoms with E-state index in [4.69, 9.17) is 15.6 Å². The number of pyridine rings is 1. The average Bonchev–Trinajstić information content (AvgIpc) is 2.38. The standard InChI is InChI=1S/C13H9FN2O4/c14-10-6-8(1-2-9(10)12(15)17)20-11-5-7(13(18)19)3-4-16-11/h1-6H,(H2,15,17)(H,18,19). The second kappa shape index (κ2) is 5.35. The fraction of sp³-hybridized carbons (Fsp3) is 0. The van der Waals surface area contributed by atoms with Crippen LogP contribution in [-0.2, 0) is 0 Å². The zero-order valence-electron chi connectivity index (χ0n) is 10.0. The summed E-state index contributed by atoms with van der Waals surface area (Å²) in [7, 11) is 0. The number of carboxylic acids is 1. The number of hydrogen-bond donors (Lipinski definition) is 2. The van der Waals surface area contributed by atoms with Crippen LogP contribution in [0.4, 0.5) is 4.39 Å². The molecule has 0 spiro atoms. The summed E-state index contributed by atoms with van der Waals surface area (Å²) >= 11 is 0. The largest absolute Gasteiger partial charge is 0.478 e. The molecule has 0 saturated carbocycles. The van der Waals surface area contributed by atoms with Gasteiger partial charge in [0.15, 0.2) is 0 Å². The third-order valence-electron chi connectivity index (χ3n) is 2.41. The fourth-order valence-corrected chi connectivity index (χ4v) is 1.48. The highest BCUT2D eigenvalue weighted by Gasteiger charge is 2.11. The molecule has 0 aliphatic rings. The van der Waals surface area contributed by atoms with Crippen LogP contribution in [0.1, 0.15) is 20.7 Å². The second-order valence-electron chi connectivity index (χ2n) is 3.80. The van der Waals surface area contributed by atoms with E-state index in [1.807, 2.05) is 0 Å². The Morgan fingerprint density at radius 1 is 1.25 bits per heavy atom. The summed E-state index contributed by atoms with van der Waals surface area (Å²) in [5.74, 6) is -2.78. The molecule has 0 bridgehead atoms. The van der Waals surface area contributed by atoms with Crippen LogP contribution in [0.25, 0.3) is 0 Å². The van der Waals surface area contributed by atoms with E-state index in [1.165, 1.54) is 30.5 Å². The average molecular weight is 276 g/mol. The predicted octanol–water partition coefficient (Wildman–Crippen LogP) is 1.81. The van der Waals surface area contributed by atoms with Crippen LogP contribution in [0.3, 0.4) is 0 Å². The molecule has 0 saturated heterocycles. The molecule has 6 nitrogen and oxygen atoms in total. The first kappa shape index (κ1) is 13.5. The number of aromatic carboxylic acids is 1. The van der Waals surface area contributed by atoms with Crippen LogP contribution in [0.5, 0.6) is 11.6 Å². The summed E-state index contributed by atoms with van der Waals surface area (Å²) in [5, 5.41) is 8.82. The van der Waals surface area contributed by atoms with E-state index in [0.717, 1.165) is 6.07 Å². The molecular weight excluding hydrogens is 267 g/mol. The Hall–Kier alpha value is -2.96. The number of carbonyl (C=O) groups excluding carboxylic acids is 1. The van der Waals surface area contributed by atoms with Crippen LogP contribution in [0.2, 0.25) is 0 Å². The summed E-state index contributed by atoms with van der Waals surface area (Å²) in [6.07, 6.45) is 1.26. The molecule has 7 heteroatoms. The van der Waals surface area contributed by atoms with E-state index >= 15 is 0 Å². The summed E-state index contributed by atoms with van der Waals surface area (Å²) < 4.78 is 18.7. The second-order valence-corrected chi connectivity index (χ2v) is 3.80. The van der Waals surface area contributed by atoms with Gasteiger partial charge < -0.3 is 15.6 Å². The van der Waals surface area contributed by atoms with Crippen LogP contribution in [0.15, 0.2) is 36.5 Å². The summed E-state index contributed by atoms with van der Waals surface area (Å²) in [4.78, 5) is 25.5. The molecule has 0 aliphatic carbocycles. The maximum Gasteiger partial charge on any atom is 0.335 e. The molecule has 0 radical (unpaired) electrons. The third-order valence-corrected chi connectivity index (χ3v) is 2.41. The number of hydrogen-bond acceptors (Lipinski definition) is 4. The minimum atomic E-state index is -1.13. The monoisotopic (exact) mass is 276 g/mol. The lowest BCUT2D eigenvalue weighted by Gasteiger charge is -2.06. The number of primary amides is 1. The van der Waals surface area contributed by atoms with E-state index in [0.29, 0.717) is 0 Å². The van der Waals surface area contributed by atoms with E-state index in [-0.39, 0.29) is 22.8 Å². The van der Waals surface area contributed by atoms with Gasteiger partial charge in [-0.3, -0.25) is 4.79 Å². The SMILES string of the molecule is NC(=O)c1ccc(Oc2cc(C(=O)O)ccn2)cc1F. The Labute approximate surface area is 112 Å². The van der Waals surface area contributed by atoms with Gasteiger partial charge in [0.25, 0.3) is 5.91 Å². The van der Waals surface area contributed by atoms with Gasteiger partial charge >= 0.3 is 5.97 Å². The van der Waals surface area contributed by atoms with Crippen LogP contribution in [0, 0.1) is 5.82 Å². The Kier molecular flexibility index (Phi) is 3.60. The number of halogens is 1. The first-order chi connectivity index (χ1) is 9.47. The molecule has 1 aromatic carbocycles. The summed E-state index contributed by atoms with van der Waals surface area (Å²) in [6, 6.07) is 5.97. The van der Waals surface area contributed by atoms with Crippen molar-refractivity contribution < 1.29 is 23.8 Å². The topological polar surface area (TPSA) is 103 Å². The summed E-state index contributed by atoms with van der Waals surface area (Å²) in [6.45, 7) is 0. The van der Waals surface area contributed by atoms with E-state index in [1.54, 1.807) is 0 Å². The van der Waals surface area contributed by atoms with E-state index < -0.39 is 17.7 Å². The maximum atomic E-state index is 13.5. The van der Waals surface area contributed by atoms with Crippen molar-refractivity contribution >= 4 is 11.9 Å². The molecule has 0 unspecified atom stereocenters. The highest BCUT2D eigenvalue weighted by molar-refractivity contribution is 5.93. The Morgan fingerprint density at radius 2 is 2.00 bits per heavy atom. The Bertz CT molecular complexity index is 688. The number of carbonyl (C=O) groups is 2. The summed E-state index contributed by atoms with van der Waals surface area (Å²) in [5.41, 5.74) is 4.70. The molecular formula is C13H9FN2O4. The highest BCUT2D eigenvalue weighted by atomic mass is 19.1. The van der Waals surface area contributed by atoms with Gasteiger partial charge in [-0.25, -0.2) is 14.2 Å². The zero-order chi connectivity index (χ0) is 14.7. The van der Waals surface area contributed by atoms with Gasteiger partial charge in [-0.2, -0.15) is 0 Å². The van der Waals surface area contributed by atoms with Crippen molar-refractivity contribution in [2.45, 2.75) is 0 Å². The minimum Gasteiger partial charge on any atom is -0.478 e. The lowest BCUT2D eigenvalue weighted by molar-refractivity contribution is 0.0696. The Morgan fingerprint density at radius 3 is 2.60 bits per heavy atom. The lowest BCUT2D eigenvalue weighted by atomic mass is 10.2. The van der Waals surface area contributed by atoms with Gasteiger partial charge in [-0.15, -0.1) is 0 Å². The van der Waals surface area contributed by atoms with Gasteiger partial charge in [0.2, 0.25) is 5.88 Å². The van der Waals surface area contributed by atoms with E-state index in [2.05, 4.69) is 4.98 Å². The van der Waals surface area contributed by atoms with Gasteiger partial charge in [-0.1, -0.05) is 0 Å². The normalized spacial score (nSPS) is 10.1. The van der Waals surface area contributed by atoms with Crippen molar-refractivity contribution in [2.24, 2.45) is 5.73 Å². The third kappa shape index (κ3) is 2.89. The van der Waals surface area contributed by atoms with E-state index in [9.17, 15) is 14.0 Å². The highest BCUT2D eigenvalue weighted by Crippen LogP contribution is 2.22. The van der Waals surface area contributed by atoms with Gasteiger partial charge in [0.05, 0.1) is 11.1 Å². The molecule has 1 aromatic heterocycles. The maximum absolute atomic E-state index is 13.5. The zero-order valence-corrected chi connectivity index (χ0v) is 10.0. The molecule has 20 heavy (non-hydrogen) atoms. The number of nitrogens with zero attached hydrogens (tertiary/aromatic N) is 1. The van der Waals surface area contributed by atoms with Crippen molar-refractivity contribution in [2.75, 3.05) is 0 Å². The number of rotatable bonds is 4. The van der Waals surface area contributed by atoms with Crippen LogP contribution >= 0.6 is 0 Å². The lowest BCUT2D eigenvalue weighted by Crippen LogP contribution is -2.12. The smallest absolute Gasteiger partial charge is 0.335 e. The first-order valence-electron chi connectivity index (χ1n) is 5.44. The predicted molar refractivity (Wildman–Crippen MR) is 66.2 cm³/mol. The molecule has 2 rings (SSSR count). The van der Waals surface area contributed by atoms with Gasteiger partial charge in [0.1, 0.15) is 11.6 Å². The van der Waals surface area contributed by atoms with Crippen LogP contribution < -0.4 is 10.5 Å². The molecule has 2 aromatic rings. The van der Waals surface area contributed by atoms with Crippen molar-refractivity contribution in [3.05, 3.63) is 53.5 Å². The van der Waals surface area contributed by atoms with Crippen molar-refractivity contribution in [1.29, 1.82) is 0 Å². The van der Waals surface area contributed by atoms with Crippen molar-refractivity contribution in [3.63, 3.8) is 0 Å². The number of ether oxygens (including phenoxy) is 1. The molecule has 0 atom stereocenters.